The molecule has 2 aromatic heterocycles. The van der Waals surface area contributed by atoms with Crippen LogP contribution >= 0.6 is 0 Å². The Morgan fingerprint density at radius 3 is 2.75 bits per heavy atom. The Bertz CT molecular complexity index is 538. The Hall–Kier alpha value is -2.10. The van der Waals surface area contributed by atoms with Crippen molar-refractivity contribution in [2.24, 2.45) is 0 Å². The predicted molar refractivity (Wildman–Crippen MR) is 60.1 cm³/mol. The lowest BCUT2D eigenvalue weighted by Crippen LogP contribution is -1.98. The molecule has 0 aliphatic rings. The maximum atomic E-state index is 10.9. The van der Waals surface area contributed by atoms with E-state index in [1.807, 2.05) is 13.8 Å². The fourth-order valence-electron chi connectivity index (χ4n) is 1.55. The van der Waals surface area contributed by atoms with Gasteiger partial charge in [-0.15, -0.1) is 0 Å². The summed E-state index contributed by atoms with van der Waals surface area (Å²) in [5, 5.41) is 0. The van der Waals surface area contributed by atoms with Gasteiger partial charge in [0.1, 0.15) is 5.82 Å². The van der Waals surface area contributed by atoms with Crippen LogP contribution in [0.3, 0.4) is 0 Å². The maximum absolute atomic E-state index is 10.9. The van der Waals surface area contributed by atoms with Crippen LogP contribution in [0, 0.1) is 13.8 Å². The van der Waals surface area contributed by atoms with E-state index in [9.17, 15) is 4.79 Å². The second-order valence-electron chi connectivity index (χ2n) is 3.48. The van der Waals surface area contributed by atoms with Gasteiger partial charge in [0.15, 0.2) is 6.29 Å². The van der Waals surface area contributed by atoms with Gasteiger partial charge < -0.3 is 0 Å². The largest absolute Gasteiger partial charge is 0.298 e. The van der Waals surface area contributed by atoms with E-state index in [-0.39, 0.29) is 0 Å². The molecule has 0 amide bonds. The molecule has 2 heterocycles. The number of nitrogens with zero attached hydrogens (tertiary/aromatic N) is 3. The molecule has 0 saturated carbocycles. The van der Waals surface area contributed by atoms with Crippen LogP contribution in [-0.4, -0.2) is 21.2 Å². The maximum Gasteiger partial charge on any atom is 0.152 e. The molecule has 80 valence electrons. The zero-order valence-corrected chi connectivity index (χ0v) is 9.14. The highest BCUT2D eigenvalue weighted by Gasteiger charge is 2.09. The van der Waals surface area contributed by atoms with E-state index in [0.29, 0.717) is 17.1 Å². The first-order chi connectivity index (χ1) is 7.72. The molecule has 16 heavy (non-hydrogen) atoms. The molecular weight excluding hydrogens is 202 g/mol. The van der Waals surface area contributed by atoms with Crippen LogP contribution in [-0.2, 0) is 0 Å². The molecule has 4 nitrogen and oxygen atoms in total. The van der Waals surface area contributed by atoms with E-state index in [1.165, 1.54) is 0 Å². The van der Waals surface area contributed by atoms with E-state index in [4.69, 9.17) is 0 Å². The van der Waals surface area contributed by atoms with Crippen LogP contribution in [0.4, 0.5) is 0 Å². The SMILES string of the molecule is Cc1ncc(-c2ncccc2C=O)c(C)n1. The lowest BCUT2D eigenvalue weighted by atomic mass is 10.1. The molecule has 0 N–H and O–H groups in total. The van der Waals surface area contributed by atoms with Gasteiger partial charge in [-0.2, -0.15) is 0 Å². The van der Waals surface area contributed by atoms with Gasteiger partial charge in [-0.05, 0) is 26.0 Å². The second kappa shape index (κ2) is 4.18. The van der Waals surface area contributed by atoms with Crippen molar-refractivity contribution in [1.82, 2.24) is 15.0 Å². The molecule has 0 spiro atoms. The van der Waals surface area contributed by atoms with Gasteiger partial charge in [0, 0.05) is 23.5 Å². The van der Waals surface area contributed by atoms with Crippen LogP contribution in [0.5, 0.6) is 0 Å². The summed E-state index contributed by atoms with van der Waals surface area (Å²) in [5.41, 5.74) is 2.82. The average molecular weight is 213 g/mol. The van der Waals surface area contributed by atoms with Gasteiger partial charge >= 0.3 is 0 Å². The molecule has 2 rings (SSSR count). The summed E-state index contributed by atoms with van der Waals surface area (Å²) < 4.78 is 0. The van der Waals surface area contributed by atoms with E-state index in [1.54, 1.807) is 24.5 Å². The normalized spacial score (nSPS) is 10.1. The van der Waals surface area contributed by atoms with Crippen LogP contribution in [0.15, 0.2) is 24.5 Å². The Labute approximate surface area is 93.4 Å². The Kier molecular flexibility index (Phi) is 2.72. The quantitative estimate of drug-likeness (QED) is 0.715. The summed E-state index contributed by atoms with van der Waals surface area (Å²) in [4.78, 5) is 23.5. The molecule has 0 bridgehead atoms. The van der Waals surface area contributed by atoms with E-state index >= 15 is 0 Å². The van der Waals surface area contributed by atoms with Gasteiger partial charge in [-0.25, -0.2) is 9.97 Å². The number of aldehydes is 1. The number of carbonyl (C=O) groups is 1. The zero-order valence-electron chi connectivity index (χ0n) is 9.14. The molecule has 0 saturated heterocycles. The number of aromatic nitrogens is 3. The van der Waals surface area contributed by atoms with Crippen molar-refractivity contribution in [3.63, 3.8) is 0 Å². The minimum absolute atomic E-state index is 0.554. The lowest BCUT2D eigenvalue weighted by molar-refractivity contribution is 0.112. The molecule has 0 aliphatic heterocycles. The summed E-state index contributed by atoms with van der Waals surface area (Å²) >= 11 is 0. The molecule has 0 aliphatic carbocycles. The molecule has 0 aromatic carbocycles. The Balaban J connectivity index is 2.62. The number of rotatable bonds is 2. The predicted octanol–water partition coefficient (Wildman–Crippen LogP) is 1.97. The summed E-state index contributed by atoms with van der Waals surface area (Å²) in [6.07, 6.45) is 4.15. The summed E-state index contributed by atoms with van der Waals surface area (Å²) in [7, 11) is 0. The fraction of sp³-hybridized carbons (Fsp3) is 0.167. The van der Waals surface area contributed by atoms with Crippen LogP contribution in [0.1, 0.15) is 21.9 Å². The first-order valence-electron chi connectivity index (χ1n) is 4.93. The van der Waals surface area contributed by atoms with Gasteiger partial charge in [-0.1, -0.05) is 0 Å². The lowest BCUT2D eigenvalue weighted by Gasteiger charge is -2.06. The minimum Gasteiger partial charge on any atom is -0.298 e. The highest BCUT2D eigenvalue weighted by atomic mass is 16.1. The number of aryl methyl sites for hydroxylation is 2. The van der Waals surface area contributed by atoms with Crippen LogP contribution < -0.4 is 0 Å². The van der Waals surface area contributed by atoms with E-state index < -0.39 is 0 Å². The fourth-order valence-corrected chi connectivity index (χ4v) is 1.55. The molecule has 0 unspecified atom stereocenters. The van der Waals surface area contributed by atoms with Crippen molar-refractivity contribution in [2.45, 2.75) is 13.8 Å². The number of pyridine rings is 1. The summed E-state index contributed by atoms with van der Waals surface area (Å²) in [5.74, 6) is 0.713. The highest BCUT2D eigenvalue weighted by Crippen LogP contribution is 2.21. The molecule has 0 radical (unpaired) electrons. The first-order valence-corrected chi connectivity index (χ1v) is 4.93. The molecule has 0 fully saturated rings. The highest BCUT2D eigenvalue weighted by molar-refractivity contribution is 5.85. The van der Waals surface area contributed by atoms with Crippen molar-refractivity contribution in [3.8, 4) is 11.3 Å². The topological polar surface area (TPSA) is 55.7 Å². The monoisotopic (exact) mass is 213 g/mol. The third-order valence-electron chi connectivity index (χ3n) is 2.32. The molecule has 2 aromatic rings. The van der Waals surface area contributed by atoms with Crippen LogP contribution in [0.25, 0.3) is 11.3 Å². The average Bonchev–Trinajstić information content (AvgIpc) is 2.29. The van der Waals surface area contributed by atoms with Gasteiger partial charge in [-0.3, -0.25) is 9.78 Å². The molecule has 0 atom stereocenters. The third-order valence-corrected chi connectivity index (χ3v) is 2.32. The standard InChI is InChI=1S/C12H11N3O/c1-8-11(6-14-9(2)15-8)12-10(7-16)4-3-5-13-12/h3-7H,1-2H3. The zero-order chi connectivity index (χ0) is 11.5. The van der Waals surface area contributed by atoms with Crippen molar-refractivity contribution in [1.29, 1.82) is 0 Å². The van der Waals surface area contributed by atoms with Crippen molar-refractivity contribution in [3.05, 3.63) is 41.6 Å². The number of hydrogen-bond acceptors (Lipinski definition) is 4. The first kappa shape index (κ1) is 10.4. The van der Waals surface area contributed by atoms with Gasteiger partial charge in [0.05, 0.1) is 11.4 Å². The molecule has 4 heteroatoms. The van der Waals surface area contributed by atoms with Gasteiger partial charge in [0.25, 0.3) is 0 Å². The van der Waals surface area contributed by atoms with Crippen molar-refractivity contribution in [2.75, 3.05) is 0 Å². The number of hydrogen-bond donors (Lipinski definition) is 0. The summed E-state index contributed by atoms with van der Waals surface area (Å²) in [6, 6.07) is 3.46. The summed E-state index contributed by atoms with van der Waals surface area (Å²) in [6.45, 7) is 3.71. The van der Waals surface area contributed by atoms with Crippen LogP contribution in [0.2, 0.25) is 0 Å². The van der Waals surface area contributed by atoms with Crippen molar-refractivity contribution < 1.29 is 4.79 Å². The second-order valence-corrected chi connectivity index (χ2v) is 3.48. The Morgan fingerprint density at radius 2 is 2.06 bits per heavy atom. The van der Waals surface area contributed by atoms with E-state index in [0.717, 1.165) is 17.5 Å². The molecular formula is C12H11N3O. The van der Waals surface area contributed by atoms with Gasteiger partial charge in [0.2, 0.25) is 0 Å². The smallest absolute Gasteiger partial charge is 0.152 e. The number of carbonyl (C=O) groups excluding carboxylic acids is 1. The van der Waals surface area contributed by atoms with E-state index in [2.05, 4.69) is 15.0 Å². The third kappa shape index (κ3) is 1.82. The minimum atomic E-state index is 0.554. The Morgan fingerprint density at radius 1 is 1.25 bits per heavy atom. The van der Waals surface area contributed by atoms with Crippen molar-refractivity contribution >= 4 is 6.29 Å².